The van der Waals surface area contributed by atoms with Crippen LogP contribution in [0.2, 0.25) is 0 Å². The van der Waals surface area contributed by atoms with E-state index in [0.717, 1.165) is 0 Å². The number of hydrogen-bond donors (Lipinski definition) is 0. The Bertz CT molecular complexity index is 873. The zero-order valence-corrected chi connectivity index (χ0v) is 15.3. The van der Waals surface area contributed by atoms with Crippen LogP contribution in [0.3, 0.4) is 0 Å². The van der Waals surface area contributed by atoms with Crippen LogP contribution in [0, 0.1) is 23.4 Å². The van der Waals surface area contributed by atoms with Crippen molar-refractivity contribution in [1.82, 2.24) is 4.98 Å². The van der Waals surface area contributed by atoms with Gasteiger partial charge in [0.05, 0.1) is 12.2 Å². The molecular formula is C20H19F3N2O3. The lowest BCUT2D eigenvalue weighted by Crippen LogP contribution is -2.38. The smallest absolute Gasteiger partial charge is 0.341 e. The van der Waals surface area contributed by atoms with Gasteiger partial charge in [-0.2, -0.15) is 0 Å². The van der Waals surface area contributed by atoms with Gasteiger partial charge in [-0.15, -0.1) is 0 Å². The number of anilines is 1. The molecule has 8 heteroatoms. The molecule has 0 bridgehead atoms. The highest BCUT2D eigenvalue weighted by molar-refractivity contribution is 5.98. The number of esters is 1. The monoisotopic (exact) mass is 392 g/mol. The van der Waals surface area contributed by atoms with Crippen LogP contribution in [0.15, 0.2) is 30.5 Å². The highest BCUT2D eigenvalue weighted by atomic mass is 19.1. The number of carbonyl (C=O) groups is 2. The second-order valence-corrected chi connectivity index (χ2v) is 6.47. The van der Waals surface area contributed by atoms with Crippen LogP contribution in [0.25, 0.3) is 0 Å². The maximum Gasteiger partial charge on any atom is 0.341 e. The molecule has 5 nitrogen and oxygen atoms in total. The molecule has 28 heavy (non-hydrogen) atoms. The van der Waals surface area contributed by atoms with E-state index in [1.54, 1.807) is 25.3 Å². The van der Waals surface area contributed by atoms with E-state index in [4.69, 9.17) is 4.74 Å². The fourth-order valence-electron chi connectivity index (χ4n) is 3.35. The number of pyridine rings is 1. The van der Waals surface area contributed by atoms with Crippen molar-refractivity contribution in [3.8, 4) is 0 Å². The van der Waals surface area contributed by atoms with E-state index < -0.39 is 40.7 Å². The Morgan fingerprint density at radius 3 is 2.43 bits per heavy atom. The van der Waals surface area contributed by atoms with Crippen molar-refractivity contribution in [2.24, 2.45) is 5.92 Å². The van der Waals surface area contributed by atoms with Gasteiger partial charge in [0.25, 0.3) is 0 Å². The molecule has 0 spiro atoms. The van der Waals surface area contributed by atoms with Gasteiger partial charge in [-0.25, -0.2) is 22.9 Å². The summed E-state index contributed by atoms with van der Waals surface area (Å²) in [6.07, 6.45) is 2.21. The molecule has 0 amide bonds. The lowest BCUT2D eigenvalue weighted by Gasteiger charge is -2.33. The highest BCUT2D eigenvalue weighted by Gasteiger charge is 2.31. The summed E-state index contributed by atoms with van der Waals surface area (Å²) in [6, 6.07) is 4.25. The number of Topliss-reactive ketones (excluding diaryl/α,β-unsaturated/α-hetero) is 1. The molecule has 2 aromatic rings. The van der Waals surface area contributed by atoms with E-state index in [9.17, 15) is 22.8 Å². The van der Waals surface area contributed by atoms with Gasteiger partial charge >= 0.3 is 5.97 Å². The van der Waals surface area contributed by atoms with Crippen LogP contribution in [-0.2, 0) is 4.74 Å². The number of ketones is 1. The molecule has 0 aliphatic carbocycles. The molecule has 3 rings (SSSR count). The minimum absolute atomic E-state index is 0.235. The molecule has 0 unspecified atom stereocenters. The number of halogens is 3. The summed E-state index contributed by atoms with van der Waals surface area (Å²) in [5.74, 6) is -4.77. The van der Waals surface area contributed by atoms with Crippen molar-refractivity contribution in [3.63, 3.8) is 0 Å². The van der Waals surface area contributed by atoms with Crippen molar-refractivity contribution in [2.75, 3.05) is 24.6 Å². The molecule has 0 N–H and O–H groups in total. The number of ether oxygens (including phenoxy) is 1. The second-order valence-electron chi connectivity index (χ2n) is 6.47. The summed E-state index contributed by atoms with van der Waals surface area (Å²) < 4.78 is 45.9. The average Bonchev–Trinajstić information content (AvgIpc) is 2.67. The molecule has 1 aliphatic rings. The molecular weight excluding hydrogens is 373 g/mol. The summed E-state index contributed by atoms with van der Waals surface area (Å²) in [4.78, 5) is 30.7. The van der Waals surface area contributed by atoms with Crippen molar-refractivity contribution >= 4 is 17.6 Å². The molecule has 1 aliphatic heterocycles. The number of benzene rings is 1. The summed E-state index contributed by atoms with van der Waals surface area (Å²) in [7, 11) is 0. The summed E-state index contributed by atoms with van der Waals surface area (Å²) in [5.41, 5.74) is -0.380. The first-order chi connectivity index (χ1) is 13.4. The van der Waals surface area contributed by atoms with Gasteiger partial charge in [0.1, 0.15) is 28.8 Å². The minimum Gasteiger partial charge on any atom is -0.462 e. The zero-order valence-electron chi connectivity index (χ0n) is 15.3. The molecule has 2 heterocycles. The van der Waals surface area contributed by atoms with Gasteiger partial charge < -0.3 is 9.64 Å². The van der Waals surface area contributed by atoms with E-state index in [1.165, 1.54) is 0 Å². The third-order valence-electron chi connectivity index (χ3n) is 4.70. The minimum atomic E-state index is -1.20. The number of piperidine rings is 1. The largest absolute Gasteiger partial charge is 0.462 e. The number of hydrogen-bond acceptors (Lipinski definition) is 5. The lowest BCUT2D eigenvalue weighted by molar-refractivity contribution is 0.0526. The Balaban J connectivity index is 1.74. The Hall–Kier alpha value is -2.90. The fourth-order valence-corrected chi connectivity index (χ4v) is 3.35. The SMILES string of the molecule is CCOC(=O)c1cccnc1N1CCC(C(=O)c2c(F)cc(F)cc2F)CC1. The van der Waals surface area contributed by atoms with E-state index in [0.29, 0.717) is 49.4 Å². The van der Waals surface area contributed by atoms with Crippen LogP contribution in [0.4, 0.5) is 19.0 Å². The van der Waals surface area contributed by atoms with Crippen molar-refractivity contribution in [1.29, 1.82) is 0 Å². The Labute approximate surface area is 160 Å². The van der Waals surface area contributed by atoms with Gasteiger partial charge in [-0.05, 0) is 31.9 Å². The van der Waals surface area contributed by atoms with E-state index in [-0.39, 0.29) is 6.61 Å². The number of rotatable bonds is 5. The van der Waals surface area contributed by atoms with Crippen LogP contribution >= 0.6 is 0 Å². The van der Waals surface area contributed by atoms with Gasteiger partial charge in [0, 0.05) is 37.3 Å². The summed E-state index contributed by atoms with van der Waals surface area (Å²) in [6.45, 7) is 2.70. The van der Waals surface area contributed by atoms with Gasteiger partial charge in [0.2, 0.25) is 0 Å². The molecule has 0 saturated carbocycles. The normalized spacial score (nSPS) is 14.8. The third-order valence-corrected chi connectivity index (χ3v) is 4.70. The van der Waals surface area contributed by atoms with Crippen molar-refractivity contribution < 1.29 is 27.5 Å². The Morgan fingerprint density at radius 1 is 1.18 bits per heavy atom. The predicted octanol–water partition coefficient (Wildman–Crippen LogP) is 3.77. The van der Waals surface area contributed by atoms with Crippen LogP contribution < -0.4 is 4.90 Å². The standard InChI is InChI=1S/C20H19F3N2O3/c1-2-28-20(27)14-4-3-7-24-19(14)25-8-5-12(6-9-25)18(26)17-15(22)10-13(21)11-16(17)23/h3-4,7,10-12H,2,5-6,8-9H2,1H3. The first-order valence-electron chi connectivity index (χ1n) is 8.98. The van der Waals surface area contributed by atoms with E-state index in [1.807, 2.05) is 4.90 Å². The lowest BCUT2D eigenvalue weighted by atomic mass is 9.88. The van der Waals surface area contributed by atoms with Crippen LogP contribution in [-0.4, -0.2) is 36.4 Å². The summed E-state index contributed by atoms with van der Waals surface area (Å²) >= 11 is 0. The second kappa shape index (κ2) is 8.41. The average molecular weight is 392 g/mol. The zero-order chi connectivity index (χ0) is 20.3. The van der Waals surface area contributed by atoms with Crippen LogP contribution in [0.5, 0.6) is 0 Å². The number of nitrogens with zero attached hydrogens (tertiary/aromatic N) is 2. The molecule has 1 aromatic heterocycles. The maximum atomic E-state index is 13.9. The number of aromatic nitrogens is 1. The molecule has 0 atom stereocenters. The predicted molar refractivity (Wildman–Crippen MR) is 95.8 cm³/mol. The highest BCUT2D eigenvalue weighted by Crippen LogP contribution is 2.28. The van der Waals surface area contributed by atoms with Gasteiger partial charge in [-0.3, -0.25) is 4.79 Å². The molecule has 1 aromatic carbocycles. The number of carbonyl (C=O) groups excluding carboxylic acids is 2. The summed E-state index contributed by atoms with van der Waals surface area (Å²) in [5, 5.41) is 0. The van der Waals surface area contributed by atoms with Gasteiger partial charge in [0.15, 0.2) is 5.78 Å². The molecule has 1 fully saturated rings. The topological polar surface area (TPSA) is 59.5 Å². The molecule has 1 saturated heterocycles. The van der Waals surface area contributed by atoms with Crippen molar-refractivity contribution in [3.05, 3.63) is 59.0 Å². The Morgan fingerprint density at radius 2 is 1.82 bits per heavy atom. The first-order valence-corrected chi connectivity index (χ1v) is 8.98. The van der Waals surface area contributed by atoms with E-state index in [2.05, 4.69) is 4.98 Å². The third kappa shape index (κ3) is 4.00. The maximum absolute atomic E-state index is 13.9. The van der Waals surface area contributed by atoms with Gasteiger partial charge in [-0.1, -0.05) is 0 Å². The molecule has 148 valence electrons. The van der Waals surface area contributed by atoms with Crippen LogP contribution in [0.1, 0.15) is 40.5 Å². The molecule has 0 radical (unpaired) electrons. The quantitative estimate of drug-likeness (QED) is 0.573. The Kier molecular flexibility index (Phi) is 5.96. The van der Waals surface area contributed by atoms with E-state index >= 15 is 0 Å². The first kappa shape index (κ1) is 19.9. The van der Waals surface area contributed by atoms with Crippen molar-refractivity contribution in [2.45, 2.75) is 19.8 Å². The fraction of sp³-hybridized carbons (Fsp3) is 0.350.